The fourth-order valence-electron chi connectivity index (χ4n) is 5.24. The number of rotatable bonds is 6. The van der Waals surface area contributed by atoms with Gasteiger partial charge in [0.1, 0.15) is 0 Å². The molecule has 0 saturated carbocycles. The Labute approximate surface area is 245 Å². The van der Waals surface area contributed by atoms with Crippen LogP contribution < -0.4 is 14.9 Å². The van der Waals surface area contributed by atoms with E-state index in [0.29, 0.717) is 20.6 Å². The molecule has 1 aliphatic rings. The molecule has 0 fully saturated rings. The van der Waals surface area contributed by atoms with E-state index in [1.807, 2.05) is 93.8 Å². The lowest BCUT2D eigenvalue weighted by Gasteiger charge is -2.25. The minimum Gasteiger partial charge on any atom is -0.459 e. The number of benzene rings is 3. The van der Waals surface area contributed by atoms with Crippen molar-refractivity contribution in [1.29, 1.82) is 0 Å². The van der Waals surface area contributed by atoms with E-state index in [0.717, 1.165) is 38.2 Å². The molecule has 5 aromatic rings. The van der Waals surface area contributed by atoms with Crippen LogP contribution in [0.4, 0.5) is 0 Å². The van der Waals surface area contributed by atoms with Gasteiger partial charge in [0.2, 0.25) is 0 Å². The molecule has 0 bridgehead atoms. The van der Waals surface area contributed by atoms with Crippen molar-refractivity contribution in [3.8, 4) is 11.3 Å². The number of hydrogen-bond donors (Lipinski definition) is 1. The molecule has 0 amide bonds. The summed E-state index contributed by atoms with van der Waals surface area (Å²) >= 11 is 2.97. The quantitative estimate of drug-likeness (QED) is 0.196. The van der Waals surface area contributed by atoms with Crippen LogP contribution in [-0.2, 0) is 9.53 Å². The van der Waals surface area contributed by atoms with Crippen LogP contribution in [-0.4, -0.2) is 27.9 Å². The molecule has 206 valence electrons. The molecule has 1 aliphatic heterocycles. The van der Waals surface area contributed by atoms with Crippen LogP contribution in [0.5, 0.6) is 0 Å². The number of allylic oxidation sites excluding steroid dienone is 1. The SMILES string of the molecule is CSc1ccc([C@@H]2C(C(=O)OC(C)C)=C(C)N=c3s/c(=C\c4c(-c5ccccc5)[nH]c5ccccc45)c(=O)n32)cc1. The van der Waals surface area contributed by atoms with Crippen LogP contribution >= 0.6 is 23.1 Å². The summed E-state index contributed by atoms with van der Waals surface area (Å²) in [5, 5.41) is 1.03. The summed E-state index contributed by atoms with van der Waals surface area (Å²) in [6, 6.07) is 25.5. The van der Waals surface area contributed by atoms with E-state index in [1.54, 1.807) is 16.3 Å². The van der Waals surface area contributed by atoms with Crippen molar-refractivity contribution in [2.75, 3.05) is 6.26 Å². The predicted octanol–water partition coefficient (Wildman–Crippen LogP) is 6.06. The summed E-state index contributed by atoms with van der Waals surface area (Å²) in [6.07, 6.45) is 3.66. The van der Waals surface area contributed by atoms with Crippen molar-refractivity contribution in [3.05, 3.63) is 121 Å². The standard InChI is InChI=1S/C33H29N3O3S2/c1-19(2)39-32(38)28-20(3)34-33-36(30(28)22-14-16-23(40-4)17-15-22)31(37)27(41-33)18-25-24-12-8-9-13-26(24)35-29(25)21-10-6-5-7-11-21/h5-19,30,35H,1-4H3/b27-18-/t30-/m1/s1. The number of carbonyl (C=O) groups is 1. The third kappa shape index (κ3) is 4.98. The molecule has 6 rings (SSSR count). The Balaban J connectivity index is 1.59. The van der Waals surface area contributed by atoms with Gasteiger partial charge in [0.05, 0.1) is 33.6 Å². The van der Waals surface area contributed by atoms with Gasteiger partial charge in [-0.2, -0.15) is 0 Å². The van der Waals surface area contributed by atoms with Crippen LogP contribution in [0.2, 0.25) is 0 Å². The molecular weight excluding hydrogens is 551 g/mol. The molecule has 0 aliphatic carbocycles. The summed E-state index contributed by atoms with van der Waals surface area (Å²) in [6.45, 7) is 5.44. The van der Waals surface area contributed by atoms with Gasteiger partial charge in [-0.15, -0.1) is 11.8 Å². The molecule has 3 aromatic carbocycles. The molecule has 6 nitrogen and oxygen atoms in total. The summed E-state index contributed by atoms with van der Waals surface area (Å²) < 4.78 is 7.82. The van der Waals surface area contributed by atoms with Crippen LogP contribution in [0.1, 0.15) is 37.9 Å². The molecule has 8 heteroatoms. The topological polar surface area (TPSA) is 76.4 Å². The monoisotopic (exact) mass is 579 g/mol. The number of fused-ring (bicyclic) bond motifs is 2. The second kappa shape index (κ2) is 11.0. The van der Waals surface area contributed by atoms with Gasteiger partial charge in [0.25, 0.3) is 5.56 Å². The maximum Gasteiger partial charge on any atom is 0.338 e. The molecule has 1 N–H and O–H groups in total. The third-order valence-electron chi connectivity index (χ3n) is 7.10. The highest BCUT2D eigenvalue weighted by molar-refractivity contribution is 7.98. The number of thioether (sulfide) groups is 1. The van der Waals surface area contributed by atoms with E-state index in [2.05, 4.69) is 23.2 Å². The zero-order valence-electron chi connectivity index (χ0n) is 23.2. The van der Waals surface area contributed by atoms with Gasteiger partial charge in [0.15, 0.2) is 4.80 Å². The molecular formula is C33H29N3O3S2. The molecule has 3 heterocycles. The summed E-state index contributed by atoms with van der Waals surface area (Å²) in [5.74, 6) is -0.461. The van der Waals surface area contributed by atoms with E-state index in [4.69, 9.17) is 9.73 Å². The number of thiazole rings is 1. The first kappa shape index (κ1) is 27.1. The van der Waals surface area contributed by atoms with Gasteiger partial charge < -0.3 is 9.72 Å². The Hall–Kier alpha value is -4.14. The largest absolute Gasteiger partial charge is 0.459 e. The van der Waals surface area contributed by atoms with E-state index in [-0.39, 0.29) is 11.7 Å². The number of ether oxygens (including phenoxy) is 1. The first-order valence-electron chi connectivity index (χ1n) is 13.4. The number of aromatic amines is 1. The number of nitrogens with one attached hydrogen (secondary N) is 1. The highest BCUT2D eigenvalue weighted by atomic mass is 32.2. The van der Waals surface area contributed by atoms with Crippen LogP contribution in [0.15, 0.2) is 105 Å². The summed E-state index contributed by atoms with van der Waals surface area (Å²) in [4.78, 5) is 37.6. The lowest BCUT2D eigenvalue weighted by molar-refractivity contribution is -0.143. The Morgan fingerprint density at radius 3 is 2.46 bits per heavy atom. The van der Waals surface area contributed by atoms with Crippen molar-refractivity contribution in [2.24, 2.45) is 4.99 Å². The molecule has 0 saturated heterocycles. The van der Waals surface area contributed by atoms with Crippen molar-refractivity contribution in [3.63, 3.8) is 0 Å². The van der Waals surface area contributed by atoms with Gasteiger partial charge in [-0.05, 0) is 62.4 Å². The van der Waals surface area contributed by atoms with Crippen molar-refractivity contribution < 1.29 is 9.53 Å². The second-order valence-corrected chi connectivity index (χ2v) is 12.0. The minimum absolute atomic E-state index is 0.195. The number of nitrogens with zero attached hydrogens (tertiary/aromatic N) is 2. The molecule has 0 unspecified atom stereocenters. The van der Waals surface area contributed by atoms with Gasteiger partial charge in [-0.1, -0.05) is 72.0 Å². The first-order chi connectivity index (χ1) is 19.9. The van der Waals surface area contributed by atoms with Crippen LogP contribution in [0.3, 0.4) is 0 Å². The second-order valence-electron chi connectivity index (χ2n) is 10.1. The highest BCUT2D eigenvalue weighted by Gasteiger charge is 2.33. The Morgan fingerprint density at radius 1 is 1.05 bits per heavy atom. The van der Waals surface area contributed by atoms with Crippen molar-refractivity contribution in [2.45, 2.75) is 37.8 Å². The lowest BCUT2D eigenvalue weighted by atomic mass is 9.96. The Bertz CT molecular complexity index is 1980. The first-order valence-corrected chi connectivity index (χ1v) is 15.4. The number of esters is 1. The Morgan fingerprint density at radius 2 is 1.76 bits per heavy atom. The van der Waals surface area contributed by atoms with Crippen LogP contribution in [0.25, 0.3) is 28.2 Å². The number of hydrogen-bond acceptors (Lipinski definition) is 6. The lowest BCUT2D eigenvalue weighted by Crippen LogP contribution is -2.40. The normalized spacial score (nSPS) is 15.3. The summed E-state index contributed by atoms with van der Waals surface area (Å²) in [7, 11) is 0. The van der Waals surface area contributed by atoms with E-state index >= 15 is 0 Å². The highest BCUT2D eigenvalue weighted by Crippen LogP contribution is 2.33. The maximum absolute atomic E-state index is 14.2. The minimum atomic E-state index is -0.646. The predicted molar refractivity (Wildman–Crippen MR) is 167 cm³/mol. The number of carbonyl (C=O) groups excluding carboxylic acids is 1. The zero-order valence-corrected chi connectivity index (χ0v) is 24.8. The number of para-hydroxylation sites is 1. The molecule has 41 heavy (non-hydrogen) atoms. The fraction of sp³-hybridized carbons (Fsp3) is 0.182. The van der Waals surface area contributed by atoms with Gasteiger partial charge in [-0.25, -0.2) is 9.79 Å². The van der Waals surface area contributed by atoms with Crippen LogP contribution in [0, 0.1) is 0 Å². The van der Waals surface area contributed by atoms with E-state index in [1.165, 1.54) is 11.3 Å². The average molecular weight is 580 g/mol. The molecule has 0 spiro atoms. The fourth-order valence-corrected chi connectivity index (χ4v) is 6.68. The smallest absolute Gasteiger partial charge is 0.338 e. The van der Waals surface area contributed by atoms with Gasteiger partial charge >= 0.3 is 5.97 Å². The summed E-state index contributed by atoms with van der Waals surface area (Å²) in [5.41, 5.74) is 5.48. The maximum atomic E-state index is 14.2. The van der Waals surface area contributed by atoms with Gasteiger partial charge in [-0.3, -0.25) is 9.36 Å². The number of H-pyrrole nitrogens is 1. The van der Waals surface area contributed by atoms with Crippen molar-refractivity contribution in [1.82, 2.24) is 9.55 Å². The van der Waals surface area contributed by atoms with Crippen molar-refractivity contribution >= 4 is 46.0 Å². The molecule has 1 atom stereocenters. The van der Waals surface area contributed by atoms with E-state index in [9.17, 15) is 9.59 Å². The van der Waals surface area contributed by atoms with E-state index < -0.39 is 12.0 Å². The third-order valence-corrected chi connectivity index (χ3v) is 8.83. The average Bonchev–Trinajstić information content (AvgIpc) is 3.49. The molecule has 2 aromatic heterocycles. The zero-order chi connectivity index (χ0) is 28.7. The van der Waals surface area contributed by atoms with Gasteiger partial charge in [0, 0.05) is 21.4 Å². The Kier molecular flexibility index (Phi) is 7.28. The molecule has 0 radical (unpaired) electrons. The number of aromatic nitrogens is 2.